The second kappa shape index (κ2) is 9.94. The molecule has 1 aliphatic rings. The topological polar surface area (TPSA) is 40.5 Å². The van der Waals surface area contributed by atoms with Crippen LogP contribution in [-0.2, 0) is 11.8 Å². The van der Waals surface area contributed by atoms with Crippen LogP contribution >= 0.6 is 35.3 Å². The van der Waals surface area contributed by atoms with Crippen molar-refractivity contribution in [2.75, 3.05) is 26.2 Å². The molecule has 138 valence electrons. The Morgan fingerprint density at radius 1 is 1.46 bits per heavy atom. The van der Waals surface area contributed by atoms with Crippen LogP contribution in [0.1, 0.15) is 58.2 Å². The Kier molecular flexibility index (Phi) is 8.98. The maximum atomic E-state index is 4.84. The van der Waals surface area contributed by atoms with Crippen molar-refractivity contribution < 1.29 is 0 Å². The van der Waals surface area contributed by atoms with Crippen molar-refractivity contribution in [3.8, 4) is 0 Å². The number of halogens is 1. The van der Waals surface area contributed by atoms with Crippen LogP contribution in [0.4, 0.5) is 0 Å². The Hall–Kier alpha value is -0.370. The molecular weight excluding hydrogens is 431 g/mol. The molecule has 0 radical (unpaired) electrons. The van der Waals surface area contributed by atoms with Crippen LogP contribution < -0.4 is 5.32 Å². The summed E-state index contributed by atoms with van der Waals surface area (Å²) >= 11 is 1.76. The van der Waals surface area contributed by atoms with Gasteiger partial charge >= 0.3 is 0 Å². The minimum absolute atomic E-state index is 0. The minimum atomic E-state index is 0. The highest BCUT2D eigenvalue weighted by molar-refractivity contribution is 14.0. The van der Waals surface area contributed by atoms with E-state index in [0.717, 1.165) is 44.5 Å². The molecule has 0 saturated carbocycles. The van der Waals surface area contributed by atoms with E-state index in [1.807, 2.05) is 0 Å². The van der Waals surface area contributed by atoms with E-state index in [1.165, 1.54) is 23.5 Å². The molecule has 0 amide bonds. The van der Waals surface area contributed by atoms with Gasteiger partial charge in [0.15, 0.2) is 5.96 Å². The normalized spacial score (nSPS) is 19.1. The predicted octanol–water partition coefficient (Wildman–Crippen LogP) is 4.30. The van der Waals surface area contributed by atoms with E-state index in [4.69, 9.17) is 9.98 Å². The summed E-state index contributed by atoms with van der Waals surface area (Å²) in [6.07, 6.45) is 3.54. The number of nitrogens with one attached hydrogen (secondary N) is 1. The Balaban J connectivity index is 0.00000288. The zero-order valence-electron chi connectivity index (χ0n) is 15.8. The number of hydrogen-bond donors (Lipinski definition) is 1. The van der Waals surface area contributed by atoms with Gasteiger partial charge in [0, 0.05) is 43.4 Å². The number of guanidine groups is 1. The lowest BCUT2D eigenvalue weighted by atomic mass is 9.93. The molecular formula is C18H33IN4S. The zero-order valence-corrected chi connectivity index (χ0v) is 18.9. The standard InChI is InChI=1S/C18H32N4S.HI/c1-6-19-17(22-11-7-8-14(2)12-22)20-10-9-16-21-15(13-23-16)18(3,4)5;/h13-14H,6-12H2,1-5H3,(H,19,20);1H. The largest absolute Gasteiger partial charge is 0.357 e. The van der Waals surface area contributed by atoms with Gasteiger partial charge in [0.1, 0.15) is 0 Å². The van der Waals surface area contributed by atoms with E-state index in [1.54, 1.807) is 11.3 Å². The smallest absolute Gasteiger partial charge is 0.193 e. The Bertz CT molecular complexity index is 521. The zero-order chi connectivity index (χ0) is 16.9. The maximum absolute atomic E-state index is 4.84. The van der Waals surface area contributed by atoms with Crippen LogP contribution in [0.2, 0.25) is 0 Å². The summed E-state index contributed by atoms with van der Waals surface area (Å²) in [5, 5.41) is 6.83. The molecule has 0 bridgehead atoms. The monoisotopic (exact) mass is 464 g/mol. The van der Waals surface area contributed by atoms with Crippen LogP contribution in [0, 0.1) is 5.92 Å². The fourth-order valence-electron chi connectivity index (χ4n) is 2.84. The first-order valence-electron chi connectivity index (χ1n) is 8.88. The molecule has 24 heavy (non-hydrogen) atoms. The van der Waals surface area contributed by atoms with E-state index in [0.29, 0.717) is 0 Å². The Morgan fingerprint density at radius 3 is 2.79 bits per heavy atom. The SMILES string of the molecule is CCNC(=NCCc1nc(C(C)(C)C)cs1)N1CCCC(C)C1.I. The molecule has 0 aliphatic carbocycles. The number of aromatic nitrogens is 1. The van der Waals surface area contributed by atoms with Crippen LogP contribution in [-0.4, -0.2) is 42.0 Å². The van der Waals surface area contributed by atoms with Crippen molar-refractivity contribution in [2.45, 2.75) is 59.3 Å². The molecule has 1 atom stereocenters. The molecule has 2 heterocycles. The van der Waals surface area contributed by atoms with Crippen LogP contribution in [0.5, 0.6) is 0 Å². The first-order valence-corrected chi connectivity index (χ1v) is 9.76. The summed E-state index contributed by atoms with van der Waals surface area (Å²) in [6, 6.07) is 0. The summed E-state index contributed by atoms with van der Waals surface area (Å²) in [5.74, 6) is 1.84. The molecule has 1 aromatic rings. The summed E-state index contributed by atoms with van der Waals surface area (Å²) in [5.41, 5.74) is 1.33. The van der Waals surface area contributed by atoms with Crippen molar-refractivity contribution >= 4 is 41.3 Å². The van der Waals surface area contributed by atoms with Crippen LogP contribution in [0.15, 0.2) is 10.4 Å². The van der Waals surface area contributed by atoms with E-state index < -0.39 is 0 Å². The molecule has 1 N–H and O–H groups in total. The van der Waals surface area contributed by atoms with E-state index >= 15 is 0 Å². The second-order valence-corrected chi connectivity index (χ2v) is 8.50. The van der Waals surface area contributed by atoms with E-state index in [-0.39, 0.29) is 29.4 Å². The number of hydrogen-bond acceptors (Lipinski definition) is 3. The average Bonchev–Trinajstić information content (AvgIpc) is 2.95. The van der Waals surface area contributed by atoms with Gasteiger partial charge in [0.25, 0.3) is 0 Å². The third-order valence-corrected chi connectivity index (χ3v) is 5.11. The molecule has 1 aliphatic heterocycles. The number of nitrogens with zero attached hydrogens (tertiary/aromatic N) is 3. The molecule has 0 aromatic carbocycles. The summed E-state index contributed by atoms with van der Waals surface area (Å²) in [7, 11) is 0. The van der Waals surface area contributed by atoms with Gasteiger partial charge in [-0.3, -0.25) is 4.99 Å². The Morgan fingerprint density at radius 2 is 2.21 bits per heavy atom. The van der Waals surface area contributed by atoms with Gasteiger partial charge in [0.2, 0.25) is 0 Å². The first-order chi connectivity index (χ1) is 10.9. The van der Waals surface area contributed by atoms with Crippen LogP contribution in [0.25, 0.3) is 0 Å². The lowest BCUT2D eigenvalue weighted by Crippen LogP contribution is -2.46. The highest BCUT2D eigenvalue weighted by Gasteiger charge is 2.19. The molecule has 1 fully saturated rings. The molecule has 1 aromatic heterocycles. The maximum Gasteiger partial charge on any atom is 0.193 e. The third kappa shape index (κ3) is 6.50. The number of rotatable bonds is 4. The lowest BCUT2D eigenvalue weighted by Gasteiger charge is -2.33. The van der Waals surface area contributed by atoms with Crippen LogP contribution in [0.3, 0.4) is 0 Å². The highest BCUT2D eigenvalue weighted by atomic mass is 127. The Labute approximate surface area is 168 Å². The molecule has 2 rings (SSSR count). The van der Waals surface area contributed by atoms with Gasteiger partial charge in [-0.1, -0.05) is 27.7 Å². The van der Waals surface area contributed by atoms with Gasteiger partial charge in [-0.15, -0.1) is 35.3 Å². The molecule has 1 saturated heterocycles. The quantitative estimate of drug-likeness (QED) is 0.411. The molecule has 1 unspecified atom stereocenters. The van der Waals surface area contributed by atoms with Gasteiger partial charge in [-0.2, -0.15) is 0 Å². The molecule has 0 spiro atoms. The lowest BCUT2D eigenvalue weighted by molar-refractivity contribution is 0.266. The predicted molar refractivity (Wildman–Crippen MR) is 116 cm³/mol. The number of thiazole rings is 1. The fraction of sp³-hybridized carbons (Fsp3) is 0.778. The van der Waals surface area contributed by atoms with Gasteiger partial charge in [0.05, 0.1) is 10.7 Å². The van der Waals surface area contributed by atoms with Crippen molar-refractivity contribution in [2.24, 2.45) is 10.9 Å². The first kappa shape index (κ1) is 21.7. The average molecular weight is 464 g/mol. The number of aliphatic imine (C=N–C) groups is 1. The molecule has 4 nitrogen and oxygen atoms in total. The van der Waals surface area contributed by atoms with Gasteiger partial charge < -0.3 is 10.2 Å². The summed E-state index contributed by atoms with van der Waals surface area (Å²) < 4.78 is 0. The van der Waals surface area contributed by atoms with Gasteiger partial charge in [-0.25, -0.2) is 4.98 Å². The minimum Gasteiger partial charge on any atom is -0.357 e. The van der Waals surface area contributed by atoms with Crippen molar-refractivity contribution in [3.05, 3.63) is 16.1 Å². The fourth-order valence-corrected chi connectivity index (χ4v) is 3.85. The highest BCUT2D eigenvalue weighted by Crippen LogP contribution is 2.24. The van der Waals surface area contributed by atoms with E-state index in [2.05, 4.69) is 50.2 Å². The van der Waals surface area contributed by atoms with Gasteiger partial charge in [-0.05, 0) is 25.7 Å². The summed E-state index contributed by atoms with van der Waals surface area (Å²) in [4.78, 5) is 12.0. The van der Waals surface area contributed by atoms with Crippen molar-refractivity contribution in [1.82, 2.24) is 15.2 Å². The van der Waals surface area contributed by atoms with Crippen molar-refractivity contribution in [1.29, 1.82) is 0 Å². The second-order valence-electron chi connectivity index (χ2n) is 7.56. The molecule has 6 heteroatoms. The van der Waals surface area contributed by atoms with E-state index in [9.17, 15) is 0 Å². The summed E-state index contributed by atoms with van der Waals surface area (Å²) in [6.45, 7) is 15.1. The number of likely N-dealkylation sites (tertiary alicyclic amines) is 1. The number of piperidine rings is 1. The third-order valence-electron chi connectivity index (χ3n) is 4.20. The van der Waals surface area contributed by atoms with Crippen molar-refractivity contribution in [3.63, 3.8) is 0 Å².